The van der Waals surface area contributed by atoms with E-state index >= 15 is 0 Å². The maximum Gasteiger partial charge on any atom is 0.247 e. The Labute approximate surface area is 112 Å². The second-order valence-corrected chi connectivity index (χ2v) is 4.81. The lowest BCUT2D eigenvalue weighted by atomic mass is 9.92. The van der Waals surface area contributed by atoms with Gasteiger partial charge in [0.1, 0.15) is 11.3 Å². The minimum atomic E-state index is -1.04. The third-order valence-corrected chi connectivity index (χ3v) is 3.14. The van der Waals surface area contributed by atoms with Crippen LogP contribution < -0.4 is 5.73 Å². The second-order valence-electron chi connectivity index (χ2n) is 4.81. The molecular weight excluding hydrogens is 240 g/mol. The summed E-state index contributed by atoms with van der Waals surface area (Å²) in [4.78, 5) is 14.0. The molecule has 2 aromatic rings. The van der Waals surface area contributed by atoms with Gasteiger partial charge in [-0.2, -0.15) is 0 Å². The predicted octanol–water partition coefficient (Wildman–Crippen LogP) is 2.11. The first-order valence-electron chi connectivity index (χ1n) is 6.14. The van der Waals surface area contributed by atoms with Crippen LogP contribution in [0.25, 0.3) is 0 Å². The summed E-state index contributed by atoms with van der Waals surface area (Å²) in [6, 6.07) is 13.0. The molecule has 1 aromatic heterocycles. The number of likely N-dealkylation sites (N-methyl/N-ethyl adjacent to an activating group) is 1. The zero-order chi connectivity index (χ0) is 13.9. The fraction of sp³-hybridized carbons (Fsp3) is 0.267. The van der Waals surface area contributed by atoms with E-state index in [2.05, 4.69) is 0 Å². The van der Waals surface area contributed by atoms with Gasteiger partial charge in [0.05, 0.1) is 12.8 Å². The highest BCUT2D eigenvalue weighted by Gasteiger charge is 2.33. The van der Waals surface area contributed by atoms with Crippen molar-refractivity contribution >= 4 is 5.91 Å². The van der Waals surface area contributed by atoms with E-state index in [1.807, 2.05) is 36.4 Å². The highest BCUT2D eigenvalue weighted by Crippen LogP contribution is 2.20. The number of benzene rings is 1. The van der Waals surface area contributed by atoms with Gasteiger partial charge in [-0.25, -0.2) is 0 Å². The smallest absolute Gasteiger partial charge is 0.247 e. The van der Waals surface area contributed by atoms with Crippen LogP contribution in [0.2, 0.25) is 0 Å². The summed E-state index contributed by atoms with van der Waals surface area (Å²) in [6.07, 6.45) is 1.59. The summed E-state index contributed by atoms with van der Waals surface area (Å²) in [5.41, 5.74) is 5.95. The van der Waals surface area contributed by atoms with E-state index in [-0.39, 0.29) is 5.91 Å². The van der Waals surface area contributed by atoms with Gasteiger partial charge in [-0.15, -0.1) is 0 Å². The molecule has 4 heteroatoms. The number of nitrogens with zero attached hydrogens (tertiary/aromatic N) is 1. The quantitative estimate of drug-likeness (QED) is 0.913. The predicted molar refractivity (Wildman–Crippen MR) is 73.2 cm³/mol. The Bertz CT molecular complexity index is 533. The fourth-order valence-electron chi connectivity index (χ4n) is 2.01. The maximum atomic E-state index is 12.5. The molecular formula is C15H18N2O2. The van der Waals surface area contributed by atoms with Crippen LogP contribution in [-0.2, 0) is 16.9 Å². The highest BCUT2D eigenvalue weighted by atomic mass is 16.3. The van der Waals surface area contributed by atoms with Crippen LogP contribution in [-0.4, -0.2) is 17.9 Å². The maximum absolute atomic E-state index is 12.5. The van der Waals surface area contributed by atoms with Crippen LogP contribution in [0.3, 0.4) is 0 Å². The molecule has 0 spiro atoms. The lowest BCUT2D eigenvalue weighted by molar-refractivity contribution is -0.136. The van der Waals surface area contributed by atoms with Crippen molar-refractivity contribution in [3.8, 4) is 0 Å². The highest BCUT2D eigenvalue weighted by molar-refractivity contribution is 5.86. The van der Waals surface area contributed by atoms with Crippen LogP contribution in [0.4, 0.5) is 0 Å². The SMILES string of the molecule is CN(Cc1ccco1)C(=O)C(C)(N)c1ccccc1. The minimum absolute atomic E-state index is 0.143. The zero-order valence-electron chi connectivity index (χ0n) is 11.2. The van der Waals surface area contributed by atoms with Crippen molar-refractivity contribution in [1.82, 2.24) is 4.90 Å². The van der Waals surface area contributed by atoms with E-state index in [0.717, 1.165) is 11.3 Å². The van der Waals surface area contributed by atoms with Crippen molar-refractivity contribution < 1.29 is 9.21 Å². The topological polar surface area (TPSA) is 59.5 Å². The molecule has 2 rings (SSSR count). The Hall–Kier alpha value is -2.07. The van der Waals surface area contributed by atoms with E-state index < -0.39 is 5.54 Å². The number of hydrogen-bond donors (Lipinski definition) is 1. The van der Waals surface area contributed by atoms with Crippen molar-refractivity contribution in [1.29, 1.82) is 0 Å². The summed E-state index contributed by atoms with van der Waals surface area (Å²) in [7, 11) is 1.72. The molecule has 0 radical (unpaired) electrons. The number of furan rings is 1. The average Bonchev–Trinajstić information content (AvgIpc) is 2.91. The summed E-state index contributed by atoms with van der Waals surface area (Å²) in [5.74, 6) is 0.592. The van der Waals surface area contributed by atoms with Gasteiger partial charge in [0, 0.05) is 7.05 Å². The van der Waals surface area contributed by atoms with Gasteiger partial charge in [-0.05, 0) is 24.6 Å². The number of carbonyl (C=O) groups is 1. The van der Waals surface area contributed by atoms with Gasteiger partial charge in [0.25, 0.3) is 0 Å². The number of carbonyl (C=O) groups excluding carboxylic acids is 1. The van der Waals surface area contributed by atoms with E-state index in [0.29, 0.717) is 6.54 Å². The Morgan fingerprint density at radius 1 is 1.26 bits per heavy atom. The van der Waals surface area contributed by atoms with E-state index in [9.17, 15) is 4.79 Å². The molecule has 0 aliphatic heterocycles. The van der Waals surface area contributed by atoms with Crippen molar-refractivity contribution in [2.75, 3.05) is 7.05 Å². The molecule has 0 saturated carbocycles. The first-order chi connectivity index (χ1) is 9.01. The third kappa shape index (κ3) is 2.85. The van der Waals surface area contributed by atoms with E-state index in [1.165, 1.54) is 0 Å². The number of amides is 1. The fourth-order valence-corrected chi connectivity index (χ4v) is 2.01. The largest absolute Gasteiger partial charge is 0.467 e. The van der Waals surface area contributed by atoms with Gasteiger partial charge < -0.3 is 15.1 Å². The van der Waals surface area contributed by atoms with Gasteiger partial charge >= 0.3 is 0 Å². The first kappa shape index (κ1) is 13.4. The third-order valence-electron chi connectivity index (χ3n) is 3.14. The monoisotopic (exact) mass is 258 g/mol. The number of rotatable bonds is 4. The van der Waals surface area contributed by atoms with Gasteiger partial charge in [0.2, 0.25) is 5.91 Å². The average molecular weight is 258 g/mol. The lowest BCUT2D eigenvalue weighted by Gasteiger charge is -2.29. The molecule has 1 aromatic carbocycles. The number of nitrogens with two attached hydrogens (primary N) is 1. The Morgan fingerprint density at radius 2 is 1.95 bits per heavy atom. The van der Waals surface area contributed by atoms with Crippen molar-refractivity contribution in [2.24, 2.45) is 5.73 Å². The zero-order valence-corrected chi connectivity index (χ0v) is 11.2. The molecule has 1 amide bonds. The Morgan fingerprint density at radius 3 is 2.53 bits per heavy atom. The molecule has 1 atom stereocenters. The van der Waals surface area contributed by atoms with E-state index in [1.54, 1.807) is 31.2 Å². The molecule has 2 N–H and O–H groups in total. The molecule has 19 heavy (non-hydrogen) atoms. The second kappa shape index (κ2) is 5.28. The van der Waals surface area contributed by atoms with Gasteiger partial charge in [-0.3, -0.25) is 4.79 Å². The molecule has 0 saturated heterocycles. The summed E-state index contributed by atoms with van der Waals surface area (Å²) >= 11 is 0. The van der Waals surface area contributed by atoms with Gasteiger partial charge in [-0.1, -0.05) is 30.3 Å². The van der Waals surface area contributed by atoms with Crippen LogP contribution in [0.1, 0.15) is 18.2 Å². The van der Waals surface area contributed by atoms with Crippen LogP contribution in [0.15, 0.2) is 53.1 Å². The molecule has 0 bridgehead atoms. The summed E-state index contributed by atoms with van der Waals surface area (Å²) < 4.78 is 5.24. The van der Waals surface area contributed by atoms with Crippen molar-refractivity contribution in [3.63, 3.8) is 0 Å². The summed E-state index contributed by atoms with van der Waals surface area (Å²) in [6.45, 7) is 2.13. The molecule has 1 heterocycles. The molecule has 0 aliphatic carbocycles. The van der Waals surface area contributed by atoms with Crippen LogP contribution in [0, 0.1) is 0 Å². The standard InChI is InChI=1S/C15H18N2O2/c1-15(16,12-7-4-3-5-8-12)14(18)17(2)11-13-9-6-10-19-13/h3-10H,11,16H2,1-2H3. The Kier molecular flexibility index (Phi) is 3.71. The first-order valence-corrected chi connectivity index (χ1v) is 6.14. The molecule has 0 fully saturated rings. The van der Waals surface area contributed by atoms with E-state index in [4.69, 9.17) is 10.2 Å². The molecule has 1 unspecified atom stereocenters. The minimum Gasteiger partial charge on any atom is -0.467 e. The summed E-state index contributed by atoms with van der Waals surface area (Å²) in [5, 5.41) is 0. The molecule has 4 nitrogen and oxygen atoms in total. The van der Waals surface area contributed by atoms with Crippen molar-refractivity contribution in [3.05, 3.63) is 60.1 Å². The Balaban J connectivity index is 2.14. The molecule has 0 aliphatic rings. The normalized spacial score (nSPS) is 13.8. The van der Waals surface area contributed by atoms with Gasteiger partial charge in [0.15, 0.2) is 0 Å². The van der Waals surface area contributed by atoms with Crippen LogP contribution >= 0.6 is 0 Å². The van der Waals surface area contributed by atoms with Crippen molar-refractivity contribution in [2.45, 2.75) is 19.0 Å². The number of hydrogen-bond acceptors (Lipinski definition) is 3. The molecule has 100 valence electrons. The lowest BCUT2D eigenvalue weighted by Crippen LogP contribution is -2.49. The van der Waals surface area contributed by atoms with Crippen LogP contribution in [0.5, 0.6) is 0 Å².